The second kappa shape index (κ2) is 13.1. The van der Waals surface area contributed by atoms with Gasteiger partial charge in [-0.25, -0.2) is 0 Å². The van der Waals surface area contributed by atoms with Crippen LogP contribution in [0.5, 0.6) is 0 Å². The molecule has 0 unspecified atom stereocenters. The fourth-order valence-corrected chi connectivity index (χ4v) is 6.76. The molecule has 0 saturated carbocycles. The van der Waals surface area contributed by atoms with Crippen LogP contribution in [0.25, 0.3) is 0 Å². The van der Waals surface area contributed by atoms with Gasteiger partial charge in [0, 0.05) is 21.6 Å². The fourth-order valence-electron chi connectivity index (χ4n) is 3.69. The number of hydrogen-bond acceptors (Lipinski definition) is 5. The topological polar surface area (TPSA) is 74.0 Å². The molecule has 0 heterocycles. The normalized spacial score (nSPS) is 12.9. The van der Waals surface area contributed by atoms with Crippen LogP contribution in [-0.2, 0) is 15.4 Å². The Kier molecular flexibility index (Phi) is 10.5. The molecule has 0 aliphatic heterocycles. The Labute approximate surface area is 198 Å². The number of rotatable bonds is 13. The zero-order valence-corrected chi connectivity index (χ0v) is 21.4. The molecule has 0 amide bonds. The monoisotopic (exact) mass is 468 g/mol. The molecule has 2 aromatic rings. The molecule has 0 spiro atoms. The maximum Gasteiger partial charge on any atom is 0.432 e. The van der Waals surface area contributed by atoms with Gasteiger partial charge >= 0.3 is 8.56 Å². The van der Waals surface area contributed by atoms with E-state index in [2.05, 4.69) is 70.1 Å². The van der Waals surface area contributed by atoms with Crippen molar-refractivity contribution < 1.29 is 13.9 Å². The number of benzene rings is 2. The van der Waals surface area contributed by atoms with Crippen molar-refractivity contribution >= 4 is 14.3 Å². The van der Waals surface area contributed by atoms with E-state index in [1.807, 2.05) is 24.3 Å². The van der Waals surface area contributed by atoms with Gasteiger partial charge in [-0.05, 0) is 25.3 Å². The van der Waals surface area contributed by atoms with Crippen molar-refractivity contribution in [3.05, 3.63) is 93.6 Å². The molecule has 33 heavy (non-hydrogen) atoms. The minimum absolute atomic E-state index is 0.118. The van der Waals surface area contributed by atoms with Crippen LogP contribution >= 0.6 is 0 Å². The van der Waals surface area contributed by atoms with Crippen LogP contribution in [0.4, 0.5) is 0 Å². The van der Waals surface area contributed by atoms with Crippen LogP contribution < -0.4 is 0 Å². The van der Waals surface area contributed by atoms with Gasteiger partial charge < -0.3 is 8.95 Å². The van der Waals surface area contributed by atoms with Crippen molar-refractivity contribution in [3.8, 4) is 0 Å². The Morgan fingerprint density at radius 1 is 1.03 bits per heavy atom. The Hall–Kier alpha value is -2.77. The average Bonchev–Trinajstić information content (AvgIpc) is 2.79. The summed E-state index contributed by atoms with van der Waals surface area (Å²) in [5, 5.41) is 15.5. The number of aryl methyl sites for hydroxylation is 1. The standard InChI is InChI=1S/C26H36N2O4Si/c1-21(2)33(22(3)4,31-19-18-23(5)16-17-24-12-8-6-9-13-24)32-27-26(20-28(29)30)25-14-10-7-11-15-25/h6-15,18,21-22H,16-17,19-20H2,1-5H3/b23-18+,27-26+. The van der Waals surface area contributed by atoms with Crippen LogP contribution in [0.1, 0.15) is 52.2 Å². The second-order valence-corrected chi connectivity index (χ2v) is 13.1. The molecule has 0 atom stereocenters. The molecule has 6 nitrogen and oxygen atoms in total. The van der Waals surface area contributed by atoms with Crippen LogP contribution in [-0.4, -0.2) is 32.3 Å². The van der Waals surface area contributed by atoms with E-state index in [1.165, 1.54) is 11.1 Å². The van der Waals surface area contributed by atoms with Gasteiger partial charge in [-0.2, -0.15) is 0 Å². The third-order valence-corrected chi connectivity index (χ3v) is 9.90. The van der Waals surface area contributed by atoms with Crippen LogP contribution in [0.2, 0.25) is 11.1 Å². The number of allylic oxidation sites excluding steroid dienone is 1. The molecule has 0 N–H and O–H groups in total. The summed E-state index contributed by atoms with van der Waals surface area (Å²) in [6, 6.07) is 19.6. The Bertz CT molecular complexity index is 920. The molecule has 0 bridgehead atoms. The summed E-state index contributed by atoms with van der Waals surface area (Å²) in [6.07, 6.45) is 4.06. The van der Waals surface area contributed by atoms with Crippen molar-refractivity contribution in [2.24, 2.45) is 5.16 Å². The van der Waals surface area contributed by atoms with Gasteiger partial charge in [0.1, 0.15) is 0 Å². The van der Waals surface area contributed by atoms with E-state index in [9.17, 15) is 10.1 Å². The fraction of sp³-hybridized carbons (Fsp3) is 0.423. The van der Waals surface area contributed by atoms with Crippen LogP contribution in [0, 0.1) is 10.1 Å². The third kappa shape index (κ3) is 8.26. The second-order valence-electron chi connectivity index (χ2n) is 8.86. The summed E-state index contributed by atoms with van der Waals surface area (Å²) in [5.41, 5.74) is 3.80. The number of oxime groups is 1. The lowest BCUT2D eigenvalue weighted by Gasteiger charge is -2.34. The SMILES string of the molecule is C/C(=C\CO[Si](O/N=C(\C[N+](=O)[O-])c1ccccc1)(C(C)C)C(C)C)CCc1ccccc1. The molecule has 0 radical (unpaired) electrons. The lowest BCUT2D eigenvalue weighted by molar-refractivity contribution is -0.463. The quantitative estimate of drug-likeness (QED) is 0.110. The minimum Gasteiger partial charge on any atom is -0.420 e. The first kappa shape index (κ1) is 26.5. The van der Waals surface area contributed by atoms with Gasteiger partial charge in [0.15, 0.2) is 5.71 Å². The summed E-state index contributed by atoms with van der Waals surface area (Å²) in [6.45, 7) is 10.4. The van der Waals surface area contributed by atoms with Crippen molar-refractivity contribution in [2.75, 3.05) is 13.2 Å². The van der Waals surface area contributed by atoms with Gasteiger partial charge in [0.2, 0.25) is 6.54 Å². The van der Waals surface area contributed by atoms with Crippen LogP contribution in [0.3, 0.4) is 0 Å². The molecule has 0 saturated heterocycles. The van der Waals surface area contributed by atoms with Crippen molar-refractivity contribution in [1.82, 2.24) is 0 Å². The number of hydrogen-bond donors (Lipinski definition) is 0. The van der Waals surface area contributed by atoms with Gasteiger partial charge in [0.25, 0.3) is 0 Å². The van der Waals surface area contributed by atoms with E-state index in [1.54, 1.807) is 12.1 Å². The minimum atomic E-state index is -2.81. The predicted molar refractivity (Wildman–Crippen MR) is 136 cm³/mol. The van der Waals surface area contributed by atoms with Crippen molar-refractivity contribution in [1.29, 1.82) is 0 Å². The largest absolute Gasteiger partial charge is 0.432 e. The maximum absolute atomic E-state index is 11.2. The highest BCUT2D eigenvalue weighted by Crippen LogP contribution is 2.35. The maximum atomic E-state index is 11.2. The number of nitro groups is 1. The van der Waals surface area contributed by atoms with E-state index >= 15 is 0 Å². The summed E-state index contributed by atoms with van der Waals surface area (Å²) >= 11 is 0. The molecule has 0 fully saturated rings. The highest BCUT2D eigenvalue weighted by atomic mass is 28.4. The zero-order chi connectivity index (χ0) is 24.3. The molecule has 0 aliphatic rings. The zero-order valence-electron chi connectivity index (χ0n) is 20.4. The Morgan fingerprint density at radius 3 is 2.15 bits per heavy atom. The highest BCUT2D eigenvalue weighted by molar-refractivity contribution is 6.70. The smallest absolute Gasteiger partial charge is 0.420 e. The molecule has 0 aliphatic carbocycles. The Balaban J connectivity index is 2.14. The summed E-state index contributed by atoms with van der Waals surface area (Å²) < 4.78 is 12.6. The van der Waals surface area contributed by atoms with E-state index < -0.39 is 15.1 Å². The first-order valence-electron chi connectivity index (χ1n) is 11.5. The van der Waals surface area contributed by atoms with Gasteiger partial charge in [-0.15, -0.1) is 0 Å². The molecule has 2 aromatic carbocycles. The lowest BCUT2D eigenvalue weighted by atomic mass is 10.1. The first-order chi connectivity index (χ1) is 15.7. The lowest BCUT2D eigenvalue weighted by Crippen LogP contribution is -2.47. The summed E-state index contributed by atoms with van der Waals surface area (Å²) in [5.74, 6) is 0. The van der Waals surface area contributed by atoms with Crippen molar-refractivity contribution in [3.63, 3.8) is 0 Å². The van der Waals surface area contributed by atoms with Gasteiger partial charge in [-0.3, -0.25) is 10.1 Å². The molecular weight excluding hydrogens is 432 g/mol. The van der Waals surface area contributed by atoms with E-state index in [0.29, 0.717) is 17.9 Å². The molecule has 178 valence electrons. The molecule has 0 aromatic heterocycles. The average molecular weight is 469 g/mol. The van der Waals surface area contributed by atoms with E-state index in [4.69, 9.17) is 8.95 Å². The summed E-state index contributed by atoms with van der Waals surface area (Å²) in [4.78, 5) is 10.8. The highest BCUT2D eigenvalue weighted by Gasteiger charge is 2.48. The van der Waals surface area contributed by atoms with E-state index in [0.717, 1.165) is 12.8 Å². The van der Waals surface area contributed by atoms with E-state index in [-0.39, 0.29) is 16.0 Å². The predicted octanol–water partition coefficient (Wildman–Crippen LogP) is 6.54. The van der Waals surface area contributed by atoms with Gasteiger partial charge in [-0.1, -0.05) is 105 Å². The van der Waals surface area contributed by atoms with Crippen LogP contribution in [0.15, 0.2) is 77.5 Å². The third-order valence-electron chi connectivity index (χ3n) is 5.69. The Morgan fingerprint density at radius 2 is 1.61 bits per heavy atom. The first-order valence-corrected chi connectivity index (χ1v) is 13.5. The molecular formula is C26H36N2O4Si. The van der Waals surface area contributed by atoms with Gasteiger partial charge in [0.05, 0.1) is 6.61 Å². The van der Waals surface area contributed by atoms with Crippen molar-refractivity contribution in [2.45, 2.75) is 58.5 Å². The molecule has 7 heteroatoms. The summed E-state index contributed by atoms with van der Waals surface area (Å²) in [7, 11) is -2.81. The molecule has 2 rings (SSSR count). The number of nitrogens with zero attached hydrogens (tertiary/aromatic N) is 2.